The van der Waals surface area contributed by atoms with Crippen LogP contribution in [0.5, 0.6) is 5.75 Å². The van der Waals surface area contributed by atoms with Gasteiger partial charge in [0, 0.05) is 29.8 Å². The second kappa shape index (κ2) is 8.22. The second-order valence-electron chi connectivity index (χ2n) is 7.72. The molecule has 0 radical (unpaired) electrons. The zero-order valence-electron chi connectivity index (χ0n) is 17.4. The fraction of sp³-hybridized carbons (Fsp3) is 0.200. The lowest BCUT2D eigenvalue weighted by Crippen LogP contribution is -2.63. The minimum Gasteiger partial charge on any atom is -0.496 e. The highest BCUT2D eigenvalue weighted by atomic mass is 19.1. The molecule has 1 aliphatic rings. The molecule has 158 valence electrons. The lowest BCUT2D eigenvalue weighted by molar-refractivity contribution is -0.126. The van der Waals surface area contributed by atoms with Crippen LogP contribution < -0.4 is 15.0 Å². The number of benzene rings is 3. The first-order chi connectivity index (χ1) is 14.9. The number of para-hydroxylation sites is 1. The van der Waals surface area contributed by atoms with Crippen LogP contribution in [0, 0.1) is 5.82 Å². The Bertz CT molecular complexity index is 1130. The maximum atomic E-state index is 13.5. The van der Waals surface area contributed by atoms with Gasteiger partial charge in [-0.3, -0.25) is 14.5 Å². The maximum Gasteiger partial charge on any atom is 0.259 e. The zero-order chi connectivity index (χ0) is 22.0. The van der Waals surface area contributed by atoms with Gasteiger partial charge in [-0.15, -0.1) is 0 Å². The molecule has 1 N–H and O–H groups in total. The monoisotopic (exact) mass is 418 g/mol. The van der Waals surface area contributed by atoms with Crippen LogP contribution in [0.1, 0.15) is 28.4 Å². The minimum atomic E-state index is -1.19. The highest BCUT2D eigenvalue weighted by Gasteiger charge is 2.47. The van der Waals surface area contributed by atoms with Crippen molar-refractivity contribution >= 4 is 17.5 Å². The van der Waals surface area contributed by atoms with Gasteiger partial charge in [0.1, 0.15) is 17.1 Å². The van der Waals surface area contributed by atoms with Crippen molar-refractivity contribution in [1.29, 1.82) is 0 Å². The topological polar surface area (TPSA) is 58.6 Å². The quantitative estimate of drug-likeness (QED) is 0.678. The van der Waals surface area contributed by atoms with Gasteiger partial charge in [0.25, 0.3) is 5.91 Å². The fourth-order valence-electron chi connectivity index (χ4n) is 4.07. The van der Waals surface area contributed by atoms with Crippen LogP contribution >= 0.6 is 0 Å². The van der Waals surface area contributed by atoms with Gasteiger partial charge in [0.2, 0.25) is 5.91 Å². The summed E-state index contributed by atoms with van der Waals surface area (Å²) in [4.78, 5) is 28.4. The molecular formula is C25H23FN2O3. The van der Waals surface area contributed by atoms with Crippen LogP contribution in [-0.2, 0) is 17.8 Å². The number of hydrogen-bond acceptors (Lipinski definition) is 3. The highest BCUT2D eigenvalue weighted by molar-refractivity contribution is 6.14. The van der Waals surface area contributed by atoms with Gasteiger partial charge in [0.05, 0.1) is 7.11 Å². The van der Waals surface area contributed by atoms with E-state index in [4.69, 9.17) is 4.74 Å². The van der Waals surface area contributed by atoms with E-state index in [9.17, 15) is 14.0 Å². The number of rotatable bonds is 5. The summed E-state index contributed by atoms with van der Waals surface area (Å²) in [5.41, 5.74) is 1.46. The number of carbonyl (C=O) groups excluding carboxylic acids is 2. The van der Waals surface area contributed by atoms with Gasteiger partial charge in [-0.05, 0) is 48.9 Å². The third-order valence-corrected chi connectivity index (χ3v) is 5.68. The molecular weight excluding hydrogens is 395 g/mol. The maximum absolute atomic E-state index is 13.5. The first-order valence-electron chi connectivity index (χ1n) is 10.0. The molecule has 0 fully saturated rings. The van der Waals surface area contributed by atoms with E-state index in [0.717, 1.165) is 11.1 Å². The number of nitrogens with one attached hydrogen (secondary N) is 1. The van der Waals surface area contributed by atoms with E-state index < -0.39 is 11.4 Å². The summed E-state index contributed by atoms with van der Waals surface area (Å²) in [6, 6.07) is 20.3. The van der Waals surface area contributed by atoms with Crippen molar-refractivity contribution in [2.24, 2.45) is 0 Å². The molecule has 5 nitrogen and oxygen atoms in total. The van der Waals surface area contributed by atoms with Gasteiger partial charge >= 0.3 is 0 Å². The van der Waals surface area contributed by atoms with Crippen LogP contribution in [0.2, 0.25) is 0 Å². The Labute approximate surface area is 180 Å². The van der Waals surface area contributed by atoms with Gasteiger partial charge in [0.15, 0.2) is 0 Å². The molecule has 3 aromatic rings. The van der Waals surface area contributed by atoms with Crippen molar-refractivity contribution in [3.8, 4) is 5.75 Å². The van der Waals surface area contributed by atoms with Crippen LogP contribution in [0.3, 0.4) is 0 Å². The molecule has 4 rings (SSSR count). The number of anilines is 1. The van der Waals surface area contributed by atoms with E-state index in [2.05, 4.69) is 5.32 Å². The second-order valence-corrected chi connectivity index (χ2v) is 7.72. The first-order valence-corrected chi connectivity index (χ1v) is 10.0. The molecule has 0 aromatic heterocycles. The largest absolute Gasteiger partial charge is 0.496 e. The number of amides is 2. The molecule has 0 saturated carbocycles. The van der Waals surface area contributed by atoms with Crippen LogP contribution in [0.15, 0.2) is 72.8 Å². The molecule has 2 amide bonds. The molecule has 0 spiro atoms. The molecule has 0 bridgehead atoms. The van der Waals surface area contributed by atoms with Crippen LogP contribution in [0.25, 0.3) is 0 Å². The van der Waals surface area contributed by atoms with Gasteiger partial charge in [-0.25, -0.2) is 4.39 Å². The smallest absolute Gasteiger partial charge is 0.259 e. The number of fused-ring (bicyclic) bond motifs is 1. The molecule has 31 heavy (non-hydrogen) atoms. The number of ether oxygens (including phenoxy) is 1. The highest BCUT2D eigenvalue weighted by Crippen LogP contribution is 2.35. The van der Waals surface area contributed by atoms with Crippen molar-refractivity contribution in [1.82, 2.24) is 5.32 Å². The van der Waals surface area contributed by atoms with E-state index >= 15 is 0 Å². The van der Waals surface area contributed by atoms with Crippen LogP contribution in [0.4, 0.5) is 10.1 Å². The Kier molecular flexibility index (Phi) is 5.46. The third kappa shape index (κ3) is 3.77. The number of hydrogen-bond donors (Lipinski definition) is 1. The summed E-state index contributed by atoms with van der Waals surface area (Å²) in [6.45, 7) is 1.99. The number of nitrogens with zero attached hydrogens (tertiary/aromatic N) is 1. The number of carbonyl (C=O) groups is 2. The molecule has 1 heterocycles. The lowest BCUT2D eigenvalue weighted by Gasteiger charge is -2.44. The van der Waals surface area contributed by atoms with Crippen molar-refractivity contribution < 1.29 is 18.7 Å². The molecule has 1 atom stereocenters. The molecule has 1 aliphatic heterocycles. The average Bonchev–Trinajstić information content (AvgIpc) is 2.79. The van der Waals surface area contributed by atoms with E-state index in [0.29, 0.717) is 23.4 Å². The van der Waals surface area contributed by atoms with Crippen molar-refractivity contribution in [2.75, 3.05) is 12.0 Å². The van der Waals surface area contributed by atoms with Crippen molar-refractivity contribution in [3.05, 3.63) is 95.3 Å². The predicted molar refractivity (Wildman–Crippen MR) is 117 cm³/mol. The van der Waals surface area contributed by atoms with Crippen LogP contribution in [-0.4, -0.2) is 24.5 Å². The number of halogens is 1. The molecule has 0 saturated heterocycles. The van der Waals surface area contributed by atoms with E-state index in [1.165, 1.54) is 29.2 Å². The molecule has 0 aliphatic carbocycles. The van der Waals surface area contributed by atoms with Crippen molar-refractivity contribution in [2.45, 2.75) is 25.4 Å². The summed E-state index contributed by atoms with van der Waals surface area (Å²) in [5, 5.41) is 2.96. The van der Waals surface area contributed by atoms with E-state index in [1.807, 2.05) is 36.4 Å². The summed E-state index contributed by atoms with van der Waals surface area (Å²) in [6.07, 6.45) is 0.337. The lowest BCUT2D eigenvalue weighted by atomic mass is 9.82. The third-order valence-electron chi connectivity index (χ3n) is 5.68. The van der Waals surface area contributed by atoms with Gasteiger partial charge < -0.3 is 10.1 Å². The normalized spacial score (nSPS) is 17.8. The Hall–Kier alpha value is -3.67. The molecule has 6 heteroatoms. The van der Waals surface area contributed by atoms with Crippen molar-refractivity contribution in [3.63, 3.8) is 0 Å². The zero-order valence-corrected chi connectivity index (χ0v) is 17.4. The Balaban J connectivity index is 1.70. The summed E-state index contributed by atoms with van der Waals surface area (Å²) >= 11 is 0. The molecule has 3 aromatic carbocycles. The SMILES string of the molecule is COc1ccccc1CNC(=O)[C@@]1(C)Cc2ccccc2C(=O)N1c1ccc(F)cc1. The first kappa shape index (κ1) is 20.6. The Morgan fingerprint density at radius 1 is 1.06 bits per heavy atom. The molecule has 0 unspecified atom stereocenters. The minimum absolute atomic E-state index is 0.255. The fourth-order valence-corrected chi connectivity index (χ4v) is 4.07. The Morgan fingerprint density at radius 3 is 2.48 bits per heavy atom. The summed E-state index contributed by atoms with van der Waals surface area (Å²) in [7, 11) is 1.58. The Morgan fingerprint density at radius 2 is 1.74 bits per heavy atom. The standard InChI is InChI=1S/C25H23FN2O3/c1-25(24(30)27-16-18-8-4-6-10-22(18)31-2)15-17-7-3-5-9-21(17)23(29)28(25)20-13-11-19(26)12-14-20/h3-14H,15-16H2,1-2H3,(H,27,30)/t25-/m1/s1. The number of methoxy groups -OCH3 is 1. The summed E-state index contributed by atoms with van der Waals surface area (Å²) < 4.78 is 18.9. The van der Waals surface area contributed by atoms with Gasteiger partial charge in [-0.1, -0.05) is 36.4 Å². The predicted octanol–water partition coefficient (Wildman–Crippen LogP) is 4.11. The van der Waals surface area contributed by atoms with E-state index in [1.54, 1.807) is 26.2 Å². The van der Waals surface area contributed by atoms with Gasteiger partial charge in [-0.2, -0.15) is 0 Å². The summed E-state index contributed by atoms with van der Waals surface area (Å²) in [5.74, 6) is -0.321. The van der Waals surface area contributed by atoms with E-state index in [-0.39, 0.29) is 18.4 Å². The average molecular weight is 418 g/mol.